The largest absolute Gasteiger partial charge is 0.396 e. The van der Waals surface area contributed by atoms with E-state index in [9.17, 15) is 10.1 Å². The van der Waals surface area contributed by atoms with Crippen molar-refractivity contribution in [2.75, 3.05) is 21.3 Å². The van der Waals surface area contributed by atoms with Gasteiger partial charge in [0.1, 0.15) is 0 Å². The first-order valence-corrected chi connectivity index (χ1v) is 8.35. The second-order valence-electron chi connectivity index (χ2n) is 4.70. The molecule has 0 bridgehead atoms. The number of hydrogen-bond acceptors (Lipinski definition) is 5. The lowest BCUT2D eigenvalue weighted by atomic mass is 10.0. The van der Waals surface area contributed by atoms with Crippen molar-refractivity contribution < 1.29 is 18.5 Å². The van der Waals surface area contributed by atoms with Gasteiger partial charge in [-0.05, 0) is 18.9 Å². The van der Waals surface area contributed by atoms with E-state index in [0.717, 1.165) is 18.9 Å². The van der Waals surface area contributed by atoms with Gasteiger partial charge >= 0.3 is 8.56 Å². The summed E-state index contributed by atoms with van der Waals surface area (Å²) in [6.07, 6.45) is 2.69. The van der Waals surface area contributed by atoms with Crippen LogP contribution in [0.15, 0.2) is 0 Å². The molecule has 1 saturated heterocycles. The van der Waals surface area contributed by atoms with Gasteiger partial charge in [-0.3, -0.25) is 10.1 Å². The predicted molar refractivity (Wildman–Crippen MR) is 69.2 cm³/mol. The molecule has 0 spiro atoms. The van der Waals surface area contributed by atoms with E-state index in [0.29, 0.717) is 12.8 Å². The van der Waals surface area contributed by atoms with Crippen LogP contribution in [0.4, 0.5) is 0 Å². The molecule has 0 amide bonds. The topological polar surface area (TPSA) is 70.8 Å². The zero-order valence-corrected chi connectivity index (χ0v) is 12.6. The second kappa shape index (κ2) is 6.09. The first-order valence-electron chi connectivity index (χ1n) is 6.32. The summed E-state index contributed by atoms with van der Waals surface area (Å²) in [6, 6.07) is 0.0146. The van der Waals surface area contributed by atoms with Crippen molar-refractivity contribution in [1.82, 2.24) is 0 Å². The van der Waals surface area contributed by atoms with Gasteiger partial charge in [0, 0.05) is 32.7 Å². The van der Waals surface area contributed by atoms with Gasteiger partial charge in [-0.15, -0.1) is 0 Å². The molecule has 1 aliphatic heterocycles. The van der Waals surface area contributed by atoms with E-state index < -0.39 is 19.8 Å². The number of methoxy groups -OCH3 is 1. The van der Waals surface area contributed by atoms with Crippen molar-refractivity contribution in [3.63, 3.8) is 0 Å². The molecular weight excluding hydrogens is 254 g/mol. The number of ether oxygens (including phenoxy) is 1. The van der Waals surface area contributed by atoms with Crippen molar-refractivity contribution in [3.05, 3.63) is 10.1 Å². The Hall–Kier alpha value is -0.503. The van der Waals surface area contributed by atoms with Gasteiger partial charge in [0.2, 0.25) is 6.04 Å². The van der Waals surface area contributed by atoms with Crippen molar-refractivity contribution in [3.8, 4) is 0 Å². The standard InChI is InChI=1S/C11H23NO5Si/c1-5-8-11(15-2)10(12(13)14)7-6-9-18(11,16-3)17-4/h10H,5-9H2,1-4H3. The number of nitrogens with zero attached hydrogens (tertiary/aromatic N) is 1. The number of nitro groups is 1. The Labute approximate surface area is 109 Å². The van der Waals surface area contributed by atoms with E-state index in [1.807, 2.05) is 6.92 Å². The van der Waals surface area contributed by atoms with Crippen LogP contribution in [0.5, 0.6) is 0 Å². The summed E-state index contributed by atoms with van der Waals surface area (Å²) in [4.78, 5) is 11.1. The third kappa shape index (κ3) is 2.20. The Morgan fingerprint density at radius 3 is 2.39 bits per heavy atom. The summed E-state index contributed by atoms with van der Waals surface area (Å²) in [6.45, 7) is 2.00. The average Bonchev–Trinajstić information content (AvgIpc) is 2.38. The Balaban J connectivity index is 3.26. The SMILES string of the molecule is CCCC1(OC)C([N+](=O)[O-])CCC[Si]1(OC)OC. The molecule has 18 heavy (non-hydrogen) atoms. The number of hydrogen-bond donors (Lipinski definition) is 0. The van der Waals surface area contributed by atoms with Gasteiger partial charge in [0.05, 0.1) is 0 Å². The normalized spacial score (nSPS) is 31.2. The fourth-order valence-corrected chi connectivity index (χ4v) is 7.32. The van der Waals surface area contributed by atoms with E-state index in [1.54, 1.807) is 14.2 Å². The molecule has 0 saturated carbocycles. The van der Waals surface area contributed by atoms with Gasteiger partial charge in [0.15, 0.2) is 5.22 Å². The highest BCUT2D eigenvalue weighted by Crippen LogP contribution is 2.44. The lowest BCUT2D eigenvalue weighted by Crippen LogP contribution is -2.72. The molecule has 1 heterocycles. The smallest absolute Gasteiger partial charge is 0.378 e. The summed E-state index contributed by atoms with van der Waals surface area (Å²) in [7, 11) is 1.99. The van der Waals surface area contributed by atoms with Crippen LogP contribution in [0.25, 0.3) is 0 Å². The van der Waals surface area contributed by atoms with E-state index in [1.165, 1.54) is 7.11 Å². The second-order valence-corrected chi connectivity index (χ2v) is 8.37. The van der Waals surface area contributed by atoms with Crippen LogP contribution < -0.4 is 0 Å². The molecule has 0 aromatic carbocycles. The fourth-order valence-electron chi connectivity index (χ4n) is 3.26. The summed E-state index contributed by atoms with van der Waals surface area (Å²) >= 11 is 0. The predicted octanol–water partition coefficient (Wildman–Crippen LogP) is 1.88. The molecule has 1 fully saturated rings. The van der Waals surface area contributed by atoms with Crippen molar-refractivity contribution in [1.29, 1.82) is 0 Å². The summed E-state index contributed by atoms with van der Waals surface area (Å²) < 4.78 is 17.0. The summed E-state index contributed by atoms with van der Waals surface area (Å²) in [5.41, 5.74) is 0. The van der Waals surface area contributed by atoms with Gasteiger partial charge in [-0.1, -0.05) is 13.3 Å². The van der Waals surface area contributed by atoms with Gasteiger partial charge in [0.25, 0.3) is 0 Å². The molecule has 6 nitrogen and oxygen atoms in total. The molecule has 1 rings (SSSR count). The maximum Gasteiger partial charge on any atom is 0.378 e. The van der Waals surface area contributed by atoms with Crippen LogP contribution in [0.1, 0.15) is 32.6 Å². The molecule has 2 atom stereocenters. The molecule has 1 aliphatic rings. The lowest BCUT2D eigenvalue weighted by molar-refractivity contribution is -0.544. The third-order valence-electron chi connectivity index (χ3n) is 4.07. The van der Waals surface area contributed by atoms with E-state index in [2.05, 4.69) is 0 Å². The van der Waals surface area contributed by atoms with Crippen LogP contribution in [0, 0.1) is 10.1 Å². The molecular formula is C11H23NO5Si. The molecule has 0 radical (unpaired) electrons. The van der Waals surface area contributed by atoms with Gasteiger partial charge in [-0.2, -0.15) is 0 Å². The first-order chi connectivity index (χ1) is 8.53. The minimum atomic E-state index is -2.72. The molecule has 7 heteroatoms. The zero-order chi connectivity index (χ0) is 13.8. The molecule has 0 aromatic rings. The van der Waals surface area contributed by atoms with Crippen molar-refractivity contribution in [2.45, 2.75) is 49.9 Å². The molecule has 106 valence electrons. The number of rotatable bonds is 6. The Morgan fingerprint density at radius 2 is 2.00 bits per heavy atom. The highest BCUT2D eigenvalue weighted by molar-refractivity contribution is 6.71. The van der Waals surface area contributed by atoms with Crippen molar-refractivity contribution in [2.24, 2.45) is 0 Å². The Bertz CT molecular complexity index is 297. The minimum Gasteiger partial charge on any atom is -0.396 e. The Morgan fingerprint density at radius 1 is 1.39 bits per heavy atom. The van der Waals surface area contributed by atoms with Crippen LogP contribution in [0.2, 0.25) is 6.04 Å². The van der Waals surface area contributed by atoms with Crippen LogP contribution in [-0.2, 0) is 13.6 Å². The average molecular weight is 277 g/mol. The molecule has 0 aliphatic carbocycles. The highest BCUT2D eigenvalue weighted by Gasteiger charge is 2.67. The molecule has 0 aromatic heterocycles. The van der Waals surface area contributed by atoms with Crippen molar-refractivity contribution >= 4 is 8.56 Å². The zero-order valence-electron chi connectivity index (χ0n) is 11.6. The minimum absolute atomic E-state index is 0.224. The van der Waals surface area contributed by atoms with Crippen LogP contribution in [-0.4, -0.2) is 46.1 Å². The van der Waals surface area contributed by atoms with E-state index in [4.69, 9.17) is 13.6 Å². The van der Waals surface area contributed by atoms with Crippen LogP contribution in [0.3, 0.4) is 0 Å². The molecule has 0 N–H and O–H groups in total. The van der Waals surface area contributed by atoms with Gasteiger partial charge in [-0.25, -0.2) is 0 Å². The van der Waals surface area contributed by atoms with E-state index in [-0.39, 0.29) is 4.92 Å². The lowest BCUT2D eigenvalue weighted by Gasteiger charge is -2.48. The summed E-state index contributed by atoms with van der Waals surface area (Å²) in [5.74, 6) is 0. The maximum absolute atomic E-state index is 11.4. The third-order valence-corrected chi connectivity index (χ3v) is 8.47. The first kappa shape index (κ1) is 15.6. The molecule has 2 unspecified atom stereocenters. The summed E-state index contributed by atoms with van der Waals surface area (Å²) in [5, 5.41) is 10.5. The van der Waals surface area contributed by atoms with Gasteiger partial charge < -0.3 is 13.6 Å². The quantitative estimate of drug-likeness (QED) is 0.421. The van der Waals surface area contributed by atoms with E-state index >= 15 is 0 Å². The maximum atomic E-state index is 11.4. The highest BCUT2D eigenvalue weighted by atomic mass is 28.4. The van der Waals surface area contributed by atoms with Crippen LogP contribution >= 0.6 is 0 Å². The fraction of sp³-hybridized carbons (Fsp3) is 1.00. The Kier molecular flexibility index (Phi) is 5.27. The monoisotopic (exact) mass is 277 g/mol.